The lowest BCUT2D eigenvalue weighted by Crippen LogP contribution is -2.62. The number of esters is 1. The third-order valence-electron chi connectivity index (χ3n) is 10.3. The molecule has 0 amide bonds. The van der Waals surface area contributed by atoms with Crippen molar-refractivity contribution in [2.45, 2.75) is 104 Å². The number of aliphatic hydroxyl groups is 1. The van der Waals surface area contributed by atoms with Crippen LogP contribution in [0.15, 0.2) is 11.6 Å². The number of aliphatic hydroxyl groups excluding tert-OH is 1. The highest BCUT2D eigenvalue weighted by Gasteiger charge is 2.71. The minimum Gasteiger partial charge on any atom is -0.450 e. The van der Waals surface area contributed by atoms with E-state index in [0.29, 0.717) is 25.2 Å². The third kappa shape index (κ3) is 3.17. The van der Waals surface area contributed by atoms with Crippen molar-refractivity contribution < 1.29 is 24.2 Å². The molecule has 1 N–H and O–H groups in total. The van der Waals surface area contributed by atoms with E-state index in [2.05, 4.69) is 20.8 Å². The number of allylic oxidation sites excluding steroid dienone is 1. The molecule has 0 aromatic heterocycles. The zero-order valence-corrected chi connectivity index (χ0v) is 20.3. The Balaban J connectivity index is 1.70. The molecule has 0 radical (unpaired) electrons. The summed E-state index contributed by atoms with van der Waals surface area (Å²) in [5, 5.41) is 9.89. The molecule has 3 saturated carbocycles. The van der Waals surface area contributed by atoms with Crippen LogP contribution in [-0.4, -0.2) is 34.9 Å². The first-order valence-corrected chi connectivity index (χ1v) is 12.7. The zero-order chi connectivity index (χ0) is 23.4. The molecule has 0 aromatic rings. The van der Waals surface area contributed by atoms with Crippen molar-refractivity contribution in [2.24, 2.45) is 28.1 Å². The fourth-order valence-corrected chi connectivity index (χ4v) is 8.59. The topological polar surface area (TPSA) is 80.7 Å². The Hall–Kier alpha value is -1.49. The Morgan fingerprint density at radius 1 is 1.06 bits per heavy atom. The number of hydrogen-bond donors (Lipinski definition) is 1. The number of Topliss-reactive ketones (excluding diaryl/α,β-unsaturated/α-hetero) is 1. The Labute approximate surface area is 192 Å². The molecule has 0 spiro atoms. The quantitative estimate of drug-likeness (QED) is 0.587. The molecule has 178 valence electrons. The molecule has 0 aliphatic heterocycles. The van der Waals surface area contributed by atoms with E-state index in [-0.39, 0.29) is 34.3 Å². The number of carbonyl (C=O) groups is 3. The van der Waals surface area contributed by atoms with E-state index in [1.165, 1.54) is 5.57 Å². The maximum atomic E-state index is 13.2. The van der Waals surface area contributed by atoms with Crippen molar-refractivity contribution in [1.29, 1.82) is 0 Å². The highest BCUT2D eigenvalue weighted by molar-refractivity contribution is 5.92. The summed E-state index contributed by atoms with van der Waals surface area (Å²) in [4.78, 5) is 38.1. The molecule has 4 rings (SSSR count). The van der Waals surface area contributed by atoms with Crippen LogP contribution in [0, 0.1) is 28.1 Å². The van der Waals surface area contributed by atoms with Crippen LogP contribution in [0.2, 0.25) is 0 Å². The van der Waals surface area contributed by atoms with E-state index >= 15 is 0 Å². The van der Waals surface area contributed by atoms with E-state index in [4.69, 9.17) is 4.74 Å². The second kappa shape index (κ2) is 8.07. The predicted octanol–water partition coefficient (Wildman–Crippen LogP) is 4.94. The number of fused-ring (bicyclic) bond motifs is 5. The fourth-order valence-electron chi connectivity index (χ4n) is 8.59. The number of ether oxygens (including phenoxy) is 1. The minimum absolute atomic E-state index is 0.0206. The van der Waals surface area contributed by atoms with Gasteiger partial charge in [-0.05, 0) is 80.1 Å². The summed E-state index contributed by atoms with van der Waals surface area (Å²) in [5.41, 5.74) is -0.312. The molecular weight excluding hydrogens is 404 g/mol. The molecular formula is C27H40O5. The smallest absolute Gasteiger partial charge is 0.306 e. The maximum Gasteiger partial charge on any atom is 0.306 e. The van der Waals surface area contributed by atoms with Crippen LogP contribution in [0.1, 0.15) is 98.3 Å². The number of ketones is 2. The number of hydrogen-bond acceptors (Lipinski definition) is 5. The Morgan fingerprint density at radius 3 is 2.47 bits per heavy atom. The van der Waals surface area contributed by atoms with Gasteiger partial charge in [-0.15, -0.1) is 0 Å². The highest BCUT2D eigenvalue weighted by atomic mass is 16.6. The van der Waals surface area contributed by atoms with Crippen molar-refractivity contribution in [1.82, 2.24) is 0 Å². The molecule has 0 aromatic carbocycles. The largest absolute Gasteiger partial charge is 0.450 e. The van der Waals surface area contributed by atoms with Crippen molar-refractivity contribution in [3.8, 4) is 0 Å². The van der Waals surface area contributed by atoms with Gasteiger partial charge < -0.3 is 9.84 Å². The molecule has 0 unspecified atom stereocenters. The van der Waals surface area contributed by atoms with E-state index in [0.717, 1.165) is 51.4 Å². The molecule has 0 heterocycles. The summed E-state index contributed by atoms with van der Waals surface area (Å²) in [5.74, 6) is 0.319. The second-order valence-electron chi connectivity index (χ2n) is 11.6. The van der Waals surface area contributed by atoms with Gasteiger partial charge in [-0.3, -0.25) is 14.4 Å². The summed E-state index contributed by atoms with van der Waals surface area (Å²) in [6.07, 6.45) is 10.4. The van der Waals surface area contributed by atoms with Gasteiger partial charge in [0.05, 0.1) is 0 Å². The Kier molecular flexibility index (Phi) is 5.97. The molecule has 5 heteroatoms. The van der Waals surface area contributed by atoms with Gasteiger partial charge in [-0.25, -0.2) is 0 Å². The van der Waals surface area contributed by atoms with Crippen LogP contribution in [-0.2, 0) is 19.1 Å². The van der Waals surface area contributed by atoms with E-state index in [9.17, 15) is 19.5 Å². The van der Waals surface area contributed by atoms with Gasteiger partial charge in [0.2, 0.25) is 5.78 Å². The highest BCUT2D eigenvalue weighted by Crippen LogP contribution is 2.73. The van der Waals surface area contributed by atoms with Crippen LogP contribution in [0.3, 0.4) is 0 Å². The van der Waals surface area contributed by atoms with Gasteiger partial charge in [0.15, 0.2) is 11.4 Å². The van der Waals surface area contributed by atoms with Crippen LogP contribution >= 0.6 is 0 Å². The molecule has 32 heavy (non-hydrogen) atoms. The molecule has 6 atom stereocenters. The molecule has 5 nitrogen and oxygen atoms in total. The van der Waals surface area contributed by atoms with Gasteiger partial charge in [0.1, 0.15) is 6.61 Å². The average molecular weight is 445 g/mol. The number of carbonyl (C=O) groups excluding carboxylic acids is 3. The molecule has 0 saturated heterocycles. The van der Waals surface area contributed by atoms with Gasteiger partial charge in [0.25, 0.3) is 0 Å². The van der Waals surface area contributed by atoms with E-state index in [1.54, 1.807) is 0 Å². The molecule has 0 bridgehead atoms. The van der Waals surface area contributed by atoms with Gasteiger partial charge in [-0.2, -0.15) is 0 Å². The SMILES string of the molecule is CCCCC(=O)O[C@]1(C(=O)CO)CC[C@H]2[C@]3(C)CCC4=CC(=O)CC[C@]4(C)[C@H]3CC[C@@]21C. The van der Waals surface area contributed by atoms with Gasteiger partial charge in [-0.1, -0.05) is 39.7 Å². The Bertz CT molecular complexity index is 845. The number of unbranched alkanes of at least 4 members (excludes halogenated alkanes) is 1. The lowest BCUT2D eigenvalue weighted by Gasteiger charge is -2.64. The average Bonchev–Trinajstić information content (AvgIpc) is 3.06. The minimum atomic E-state index is -1.22. The lowest BCUT2D eigenvalue weighted by molar-refractivity contribution is -0.199. The maximum absolute atomic E-state index is 13.2. The molecule has 3 fully saturated rings. The van der Waals surface area contributed by atoms with Crippen molar-refractivity contribution in [2.75, 3.05) is 6.61 Å². The summed E-state index contributed by atoms with van der Waals surface area (Å²) in [7, 11) is 0. The van der Waals surface area contributed by atoms with Crippen LogP contribution in [0.5, 0.6) is 0 Å². The molecule has 4 aliphatic carbocycles. The molecule has 4 aliphatic rings. The Morgan fingerprint density at radius 2 is 1.78 bits per heavy atom. The third-order valence-corrected chi connectivity index (χ3v) is 10.3. The van der Waals surface area contributed by atoms with E-state index in [1.807, 2.05) is 13.0 Å². The first-order valence-electron chi connectivity index (χ1n) is 12.7. The number of rotatable bonds is 6. The monoisotopic (exact) mass is 444 g/mol. The van der Waals surface area contributed by atoms with Crippen LogP contribution in [0.4, 0.5) is 0 Å². The van der Waals surface area contributed by atoms with Gasteiger partial charge >= 0.3 is 5.97 Å². The fraction of sp³-hybridized carbons (Fsp3) is 0.815. The van der Waals surface area contributed by atoms with E-state index < -0.39 is 17.6 Å². The zero-order valence-electron chi connectivity index (χ0n) is 20.3. The van der Waals surface area contributed by atoms with Crippen molar-refractivity contribution in [3.05, 3.63) is 11.6 Å². The van der Waals surface area contributed by atoms with Crippen LogP contribution < -0.4 is 0 Å². The van der Waals surface area contributed by atoms with Crippen LogP contribution in [0.25, 0.3) is 0 Å². The predicted molar refractivity (Wildman–Crippen MR) is 122 cm³/mol. The second-order valence-corrected chi connectivity index (χ2v) is 11.6. The summed E-state index contributed by atoms with van der Waals surface area (Å²) < 4.78 is 6.09. The van der Waals surface area contributed by atoms with Crippen molar-refractivity contribution in [3.63, 3.8) is 0 Å². The summed E-state index contributed by atoms with van der Waals surface area (Å²) in [6.45, 7) is 8.32. The first-order chi connectivity index (χ1) is 15.1. The first kappa shape index (κ1) is 23.7. The summed E-state index contributed by atoms with van der Waals surface area (Å²) >= 11 is 0. The summed E-state index contributed by atoms with van der Waals surface area (Å²) in [6, 6.07) is 0. The normalized spacial score (nSPS) is 43.0. The van der Waals surface area contributed by atoms with Gasteiger partial charge in [0, 0.05) is 18.3 Å². The lowest BCUT2D eigenvalue weighted by atomic mass is 9.40. The standard InChI is InChI=1S/C27H40O5/c1-5-6-7-23(31)32-27(22(30)17-28)15-11-21-25(3)12-8-18-16-19(29)9-13-24(18,2)20(25)10-14-26(21,27)4/h16,20-21,28H,5-15,17H2,1-4H3/t20-,21+,24+,25-,26+,27+/m1/s1. The van der Waals surface area contributed by atoms with Crippen molar-refractivity contribution >= 4 is 17.5 Å².